The molecule has 0 aliphatic carbocycles. The molecule has 0 aromatic carbocycles. The zero-order chi connectivity index (χ0) is 14.0. The van der Waals surface area contributed by atoms with Crippen molar-refractivity contribution in [3.05, 3.63) is 11.9 Å². The third-order valence-corrected chi connectivity index (χ3v) is 5.25. The minimum atomic E-state index is -2.91. The Morgan fingerprint density at radius 2 is 2.21 bits per heavy atom. The first kappa shape index (κ1) is 14.0. The summed E-state index contributed by atoms with van der Waals surface area (Å²) in [4.78, 5) is 10.6. The Morgan fingerprint density at radius 1 is 1.47 bits per heavy atom. The van der Waals surface area contributed by atoms with Crippen molar-refractivity contribution in [2.75, 3.05) is 35.3 Å². The van der Waals surface area contributed by atoms with E-state index in [1.807, 2.05) is 20.9 Å². The van der Waals surface area contributed by atoms with Gasteiger partial charge in [0.25, 0.3) is 0 Å². The molecule has 6 nitrogen and oxygen atoms in total. The normalized spacial score (nSPS) is 22.3. The molecule has 1 aromatic rings. The molecular weight excluding hydrogens is 264 g/mol. The predicted molar refractivity (Wildman–Crippen MR) is 76.4 cm³/mol. The zero-order valence-electron chi connectivity index (χ0n) is 11.5. The maximum Gasteiger partial charge on any atom is 0.154 e. The van der Waals surface area contributed by atoms with Gasteiger partial charge in [0.1, 0.15) is 18.0 Å². The lowest BCUT2D eigenvalue weighted by Crippen LogP contribution is -2.47. The Hall–Kier alpha value is -1.37. The predicted octanol–water partition coefficient (Wildman–Crippen LogP) is 0.704. The molecule has 19 heavy (non-hydrogen) atoms. The van der Waals surface area contributed by atoms with Crippen LogP contribution in [0.1, 0.15) is 19.4 Å². The largest absolute Gasteiger partial charge is 0.373 e. The molecule has 1 saturated heterocycles. The zero-order valence-corrected chi connectivity index (χ0v) is 12.4. The van der Waals surface area contributed by atoms with Gasteiger partial charge in [0.2, 0.25) is 0 Å². The van der Waals surface area contributed by atoms with E-state index in [0.29, 0.717) is 6.54 Å². The summed E-state index contributed by atoms with van der Waals surface area (Å²) in [5, 5.41) is 3.06. The summed E-state index contributed by atoms with van der Waals surface area (Å²) < 4.78 is 23.3. The van der Waals surface area contributed by atoms with Gasteiger partial charge in [-0.15, -0.1) is 0 Å². The molecule has 7 heteroatoms. The van der Waals surface area contributed by atoms with Crippen molar-refractivity contribution in [1.29, 1.82) is 0 Å². The molecule has 0 saturated carbocycles. The second-order valence-corrected chi connectivity index (χ2v) is 7.01. The van der Waals surface area contributed by atoms with E-state index < -0.39 is 9.84 Å². The first-order valence-corrected chi connectivity index (χ1v) is 8.29. The molecule has 0 bridgehead atoms. The summed E-state index contributed by atoms with van der Waals surface area (Å²) in [7, 11) is -1.08. The van der Waals surface area contributed by atoms with Crippen LogP contribution in [0.2, 0.25) is 0 Å². The summed E-state index contributed by atoms with van der Waals surface area (Å²) >= 11 is 0. The fourth-order valence-corrected chi connectivity index (χ4v) is 4.06. The molecule has 2 heterocycles. The Kier molecular flexibility index (Phi) is 3.93. The van der Waals surface area contributed by atoms with E-state index in [-0.39, 0.29) is 17.5 Å². The van der Waals surface area contributed by atoms with Crippen LogP contribution in [0.25, 0.3) is 0 Å². The highest BCUT2D eigenvalue weighted by molar-refractivity contribution is 7.91. The van der Waals surface area contributed by atoms with E-state index in [9.17, 15) is 8.42 Å². The van der Waals surface area contributed by atoms with Crippen LogP contribution in [-0.4, -0.2) is 49.5 Å². The Morgan fingerprint density at radius 3 is 2.79 bits per heavy atom. The van der Waals surface area contributed by atoms with Gasteiger partial charge in [0.15, 0.2) is 9.84 Å². The molecule has 1 atom stereocenters. The van der Waals surface area contributed by atoms with E-state index in [2.05, 4.69) is 20.2 Å². The lowest BCUT2D eigenvalue weighted by atomic mass is 10.2. The number of hydrogen-bond acceptors (Lipinski definition) is 6. The fourth-order valence-electron chi connectivity index (χ4n) is 2.50. The Labute approximate surface area is 114 Å². The maximum absolute atomic E-state index is 11.6. The van der Waals surface area contributed by atoms with Crippen molar-refractivity contribution in [2.24, 2.45) is 0 Å². The molecule has 1 fully saturated rings. The Bertz CT molecular complexity index is 559. The van der Waals surface area contributed by atoms with Crippen LogP contribution in [0.5, 0.6) is 0 Å². The van der Waals surface area contributed by atoms with Crippen LogP contribution in [0.3, 0.4) is 0 Å². The highest BCUT2D eigenvalue weighted by Crippen LogP contribution is 2.27. The van der Waals surface area contributed by atoms with Crippen molar-refractivity contribution in [1.82, 2.24) is 9.97 Å². The molecule has 1 aliphatic heterocycles. The number of aromatic nitrogens is 2. The first-order valence-electron chi connectivity index (χ1n) is 6.47. The number of anilines is 2. The summed E-state index contributed by atoms with van der Waals surface area (Å²) in [5.74, 6) is 2.05. The van der Waals surface area contributed by atoms with Crippen molar-refractivity contribution in [2.45, 2.75) is 26.3 Å². The second kappa shape index (κ2) is 5.32. The van der Waals surface area contributed by atoms with Gasteiger partial charge in [-0.05, 0) is 13.3 Å². The molecule has 1 N–H and O–H groups in total. The minimum Gasteiger partial charge on any atom is -0.373 e. The van der Waals surface area contributed by atoms with Gasteiger partial charge in [-0.1, -0.05) is 6.92 Å². The van der Waals surface area contributed by atoms with Crippen LogP contribution < -0.4 is 10.2 Å². The van der Waals surface area contributed by atoms with Gasteiger partial charge in [-0.3, -0.25) is 0 Å². The molecule has 1 aliphatic rings. The van der Waals surface area contributed by atoms with Gasteiger partial charge in [-0.2, -0.15) is 0 Å². The molecular formula is C12H20N4O2S. The quantitative estimate of drug-likeness (QED) is 0.881. The van der Waals surface area contributed by atoms with Crippen molar-refractivity contribution >= 4 is 21.5 Å². The summed E-state index contributed by atoms with van der Waals surface area (Å²) in [5.41, 5.74) is 1.04. The lowest BCUT2D eigenvalue weighted by molar-refractivity contribution is 0.566. The van der Waals surface area contributed by atoms with Gasteiger partial charge in [0.05, 0.1) is 11.5 Å². The smallest absolute Gasteiger partial charge is 0.154 e. The molecule has 0 radical (unpaired) electrons. The van der Waals surface area contributed by atoms with Crippen LogP contribution >= 0.6 is 0 Å². The molecule has 0 spiro atoms. The van der Waals surface area contributed by atoms with E-state index >= 15 is 0 Å². The second-order valence-electron chi connectivity index (χ2n) is 4.78. The average molecular weight is 284 g/mol. The number of rotatable bonds is 3. The summed E-state index contributed by atoms with van der Waals surface area (Å²) in [6, 6.07) is -0.0522. The molecule has 1 aromatic heterocycles. The van der Waals surface area contributed by atoms with E-state index in [1.54, 1.807) is 0 Å². The first-order chi connectivity index (χ1) is 8.98. The van der Waals surface area contributed by atoms with Crippen molar-refractivity contribution in [3.8, 4) is 0 Å². The van der Waals surface area contributed by atoms with Gasteiger partial charge in [0, 0.05) is 25.2 Å². The van der Waals surface area contributed by atoms with Crippen LogP contribution in [-0.2, 0) is 16.3 Å². The maximum atomic E-state index is 11.6. The Balaban J connectivity index is 2.37. The van der Waals surface area contributed by atoms with Gasteiger partial charge in [-0.25, -0.2) is 18.4 Å². The van der Waals surface area contributed by atoms with E-state index in [4.69, 9.17) is 0 Å². The van der Waals surface area contributed by atoms with E-state index in [0.717, 1.165) is 23.6 Å². The molecule has 106 valence electrons. The molecule has 2 rings (SSSR count). The summed E-state index contributed by atoms with van der Waals surface area (Å²) in [6.07, 6.45) is 2.33. The molecule has 0 amide bonds. The summed E-state index contributed by atoms with van der Waals surface area (Å²) in [6.45, 7) is 4.47. The lowest BCUT2D eigenvalue weighted by Gasteiger charge is -2.35. The van der Waals surface area contributed by atoms with Crippen LogP contribution in [0, 0.1) is 0 Å². The average Bonchev–Trinajstić information content (AvgIpc) is 2.36. The van der Waals surface area contributed by atoms with Gasteiger partial charge < -0.3 is 10.2 Å². The number of nitrogens with one attached hydrogen (secondary N) is 1. The highest BCUT2D eigenvalue weighted by atomic mass is 32.2. The van der Waals surface area contributed by atoms with Crippen molar-refractivity contribution in [3.63, 3.8) is 0 Å². The number of sulfone groups is 1. The third kappa shape index (κ3) is 2.80. The molecule has 1 unspecified atom stereocenters. The fraction of sp³-hybridized carbons (Fsp3) is 0.667. The number of hydrogen-bond donors (Lipinski definition) is 1. The highest BCUT2D eigenvalue weighted by Gasteiger charge is 2.30. The number of nitrogens with zero attached hydrogens (tertiary/aromatic N) is 3. The SMILES string of the molecule is CCc1c(NC)ncnc1N1CCS(=O)(=O)CC1C. The van der Waals surface area contributed by atoms with Crippen LogP contribution in [0.4, 0.5) is 11.6 Å². The third-order valence-electron chi connectivity index (χ3n) is 3.46. The standard InChI is InChI=1S/C12H20N4O2S/c1-4-10-11(13-3)14-8-15-12(10)16-5-6-19(17,18)7-9(16)2/h8-9H,4-7H2,1-3H3,(H,13,14,15). The van der Waals surface area contributed by atoms with Crippen molar-refractivity contribution < 1.29 is 8.42 Å². The van der Waals surface area contributed by atoms with Gasteiger partial charge >= 0.3 is 0 Å². The van der Waals surface area contributed by atoms with Crippen LogP contribution in [0.15, 0.2) is 6.33 Å². The van der Waals surface area contributed by atoms with E-state index in [1.165, 1.54) is 6.33 Å². The monoisotopic (exact) mass is 284 g/mol. The minimum absolute atomic E-state index is 0.0522. The topological polar surface area (TPSA) is 75.2 Å².